The molecule has 0 spiro atoms. The fourth-order valence-electron chi connectivity index (χ4n) is 1.55. The van der Waals surface area contributed by atoms with Crippen LogP contribution < -0.4 is 10.6 Å². The molecule has 0 atom stereocenters. The summed E-state index contributed by atoms with van der Waals surface area (Å²) in [5.74, 6) is 0.502. The number of amides is 2. The van der Waals surface area contributed by atoms with Crippen LogP contribution in [0.25, 0.3) is 0 Å². The average Bonchev–Trinajstić information content (AvgIpc) is 2.35. The number of benzene rings is 1. The van der Waals surface area contributed by atoms with Gasteiger partial charge in [-0.05, 0) is 30.0 Å². The van der Waals surface area contributed by atoms with Crippen molar-refractivity contribution in [3.05, 3.63) is 29.8 Å². The van der Waals surface area contributed by atoms with E-state index >= 15 is 0 Å². The Kier molecular flexibility index (Phi) is 6.22. The maximum absolute atomic E-state index is 11.5. The highest BCUT2D eigenvalue weighted by Gasteiger charge is 2.02. The first-order valence-corrected chi connectivity index (χ1v) is 6.27. The number of carbonyl (C=O) groups excluding carboxylic acids is 1. The summed E-state index contributed by atoms with van der Waals surface area (Å²) in [4.78, 5) is 11.5. The molecule has 0 unspecified atom stereocenters. The Labute approximate surface area is 109 Å². The number of hydrogen-bond donors (Lipinski definition) is 2. The van der Waals surface area contributed by atoms with Gasteiger partial charge in [-0.25, -0.2) is 4.79 Å². The number of urea groups is 1. The van der Waals surface area contributed by atoms with Crippen LogP contribution in [-0.2, 0) is 4.74 Å². The smallest absolute Gasteiger partial charge is 0.319 e. The van der Waals surface area contributed by atoms with E-state index < -0.39 is 0 Å². The Bertz CT molecular complexity index is 361. The molecule has 100 valence electrons. The van der Waals surface area contributed by atoms with Gasteiger partial charge in [0.1, 0.15) is 0 Å². The zero-order valence-corrected chi connectivity index (χ0v) is 11.3. The number of ether oxygens (including phenoxy) is 1. The number of methoxy groups -OCH3 is 1. The Morgan fingerprint density at radius 1 is 1.28 bits per heavy atom. The maximum Gasteiger partial charge on any atom is 0.319 e. The molecule has 0 aliphatic heterocycles. The lowest BCUT2D eigenvalue weighted by molar-refractivity contribution is 0.194. The van der Waals surface area contributed by atoms with Crippen LogP contribution in [0.5, 0.6) is 0 Å². The van der Waals surface area contributed by atoms with Crippen LogP contribution in [0.2, 0.25) is 0 Å². The molecule has 1 rings (SSSR count). The fourth-order valence-corrected chi connectivity index (χ4v) is 1.55. The van der Waals surface area contributed by atoms with Gasteiger partial charge in [-0.3, -0.25) is 0 Å². The van der Waals surface area contributed by atoms with Crippen molar-refractivity contribution in [3.8, 4) is 0 Å². The summed E-state index contributed by atoms with van der Waals surface area (Å²) >= 11 is 0. The SMILES string of the molecule is COCCCNC(=O)Nc1ccc(C(C)C)cc1. The summed E-state index contributed by atoms with van der Waals surface area (Å²) in [6, 6.07) is 7.73. The van der Waals surface area contributed by atoms with E-state index in [1.165, 1.54) is 5.56 Å². The molecule has 0 heterocycles. The molecule has 2 amide bonds. The summed E-state index contributed by atoms with van der Waals surface area (Å²) in [5.41, 5.74) is 2.07. The minimum absolute atomic E-state index is 0.177. The highest BCUT2D eigenvalue weighted by Crippen LogP contribution is 2.16. The zero-order chi connectivity index (χ0) is 13.4. The highest BCUT2D eigenvalue weighted by atomic mass is 16.5. The summed E-state index contributed by atoms with van der Waals surface area (Å²) in [6.45, 7) is 5.56. The largest absolute Gasteiger partial charge is 0.385 e. The molecule has 0 radical (unpaired) electrons. The van der Waals surface area contributed by atoms with Gasteiger partial charge in [-0.15, -0.1) is 0 Å². The fraction of sp³-hybridized carbons (Fsp3) is 0.500. The Morgan fingerprint density at radius 3 is 2.50 bits per heavy atom. The van der Waals surface area contributed by atoms with Crippen LogP contribution in [0, 0.1) is 0 Å². The van der Waals surface area contributed by atoms with Crippen molar-refractivity contribution in [2.24, 2.45) is 0 Å². The Balaban J connectivity index is 2.35. The second-order valence-corrected chi connectivity index (χ2v) is 4.50. The molecular weight excluding hydrogens is 228 g/mol. The first-order valence-electron chi connectivity index (χ1n) is 6.27. The van der Waals surface area contributed by atoms with Crippen molar-refractivity contribution >= 4 is 11.7 Å². The third-order valence-electron chi connectivity index (χ3n) is 2.65. The van der Waals surface area contributed by atoms with E-state index in [-0.39, 0.29) is 6.03 Å². The van der Waals surface area contributed by atoms with Crippen LogP contribution >= 0.6 is 0 Å². The van der Waals surface area contributed by atoms with Crippen LogP contribution in [0.4, 0.5) is 10.5 Å². The van der Waals surface area contributed by atoms with Crippen molar-refractivity contribution in [1.29, 1.82) is 0 Å². The number of rotatable bonds is 6. The number of anilines is 1. The molecule has 0 aliphatic rings. The van der Waals surface area contributed by atoms with Crippen molar-refractivity contribution < 1.29 is 9.53 Å². The van der Waals surface area contributed by atoms with Crippen molar-refractivity contribution in [2.75, 3.05) is 25.6 Å². The van der Waals surface area contributed by atoms with Crippen LogP contribution in [0.3, 0.4) is 0 Å². The third kappa shape index (κ3) is 5.19. The number of carbonyl (C=O) groups is 1. The van der Waals surface area contributed by atoms with Crippen LogP contribution in [0.1, 0.15) is 31.7 Å². The number of nitrogens with one attached hydrogen (secondary N) is 2. The first-order chi connectivity index (χ1) is 8.63. The van der Waals surface area contributed by atoms with Gasteiger partial charge >= 0.3 is 6.03 Å². The predicted molar refractivity (Wildman–Crippen MR) is 74.0 cm³/mol. The molecule has 2 N–H and O–H groups in total. The third-order valence-corrected chi connectivity index (χ3v) is 2.65. The van der Waals surface area contributed by atoms with Gasteiger partial charge in [-0.1, -0.05) is 26.0 Å². The van der Waals surface area contributed by atoms with Crippen molar-refractivity contribution in [2.45, 2.75) is 26.2 Å². The molecule has 4 heteroatoms. The summed E-state index contributed by atoms with van der Waals surface area (Å²) < 4.78 is 4.91. The molecule has 1 aromatic rings. The van der Waals surface area contributed by atoms with Gasteiger partial charge in [0, 0.05) is 25.9 Å². The topological polar surface area (TPSA) is 50.4 Å². The second kappa shape index (κ2) is 7.71. The lowest BCUT2D eigenvalue weighted by Crippen LogP contribution is -2.30. The molecule has 18 heavy (non-hydrogen) atoms. The van der Waals surface area contributed by atoms with E-state index in [4.69, 9.17) is 4.74 Å². The lowest BCUT2D eigenvalue weighted by Gasteiger charge is -2.09. The Hall–Kier alpha value is -1.55. The minimum atomic E-state index is -0.177. The zero-order valence-electron chi connectivity index (χ0n) is 11.3. The quantitative estimate of drug-likeness (QED) is 0.763. The van der Waals surface area contributed by atoms with Crippen molar-refractivity contribution in [3.63, 3.8) is 0 Å². The van der Waals surface area contributed by atoms with Crippen molar-refractivity contribution in [1.82, 2.24) is 5.32 Å². The summed E-state index contributed by atoms with van der Waals surface area (Å²) in [7, 11) is 1.65. The predicted octanol–water partition coefficient (Wildman–Crippen LogP) is 2.97. The Morgan fingerprint density at radius 2 is 1.94 bits per heavy atom. The molecule has 1 aromatic carbocycles. The normalized spacial score (nSPS) is 10.4. The van der Waals surface area contributed by atoms with Crippen LogP contribution in [-0.4, -0.2) is 26.3 Å². The molecule has 0 aliphatic carbocycles. The van der Waals surface area contributed by atoms with Gasteiger partial charge in [-0.2, -0.15) is 0 Å². The first kappa shape index (κ1) is 14.5. The van der Waals surface area contributed by atoms with E-state index in [9.17, 15) is 4.79 Å². The molecule has 0 fully saturated rings. The molecule has 0 bridgehead atoms. The van der Waals surface area contributed by atoms with E-state index in [1.54, 1.807) is 7.11 Å². The van der Waals surface area contributed by atoms with Gasteiger partial charge < -0.3 is 15.4 Å². The van der Waals surface area contributed by atoms with Gasteiger partial charge in [0.25, 0.3) is 0 Å². The lowest BCUT2D eigenvalue weighted by atomic mass is 10.0. The number of hydrogen-bond acceptors (Lipinski definition) is 2. The monoisotopic (exact) mass is 250 g/mol. The van der Waals surface area contributed by atoms with Crippen LogP contribution in [0.15, 0.2) is 24.3 Å². The molecule has 4 nitrogen and oxygen atoms in total. The second-order valence-electron chi connectivity index (χ2n) is 4.50. The molecule has 0 saturated carbocycles. The van der Waals surface area contributed by atoms with E-state index in [0.717, 1.165) is 12.1 Å². The van der Waals surface area contributed by atoms with Gasteiger partial charge in [0.2, 0.25) is 0 Å². The average molecular weight is 250 g/mol. The van der Waals surface area contributed by atoms with E-state index in [2.05, 4.69) is 24.5 Å². The van der Waals surface area contributed by atoms with E-state index in [0.29, 0.717) is 19.1 Å². The van der Waals surface area contributed by atoms with Gasteiger partial charge in [0.15, 0.2) is 0 Å². The minimum Gasteiger partial charge on any atom is -0.385 e. The summed E-state index contributed by atoms with van der Waals surface area (Å²) in [5, 5.41) is 5.57. The summed E-state index contributed by atoms with van der Waals surface area (Å²) in [6.07, 6.45) is 0.816. The van der Waals surface area contributed by atoms with E-state index in [1.807, 2.05) is 24.3 Å². The highest BCUT2D eigenvalue weighted by molar-refractivity contribution is 5.89. The molecule has 0 saturated heterocycles. The maximum atomic E-state index is 11.5. The molecular formula is C14H22N2O2. The molecule has 0 aromatic heterocycles. The van der Waals surface area contributed by atoms with Gasteiger partial charge in [0.05, 0.1) is 0 Å². The standard InChI is InChI=1S/C14H22N2O2/c1-11(2)12-5-7-13(8-6-12)16-14(17)15-9-4-10-18-3/h5-8,11H,4,9-10H2,1-3H3,(H2,15,16,17).